The fourth-order valence-corrected chi connectivity index (χ4v) is 4.16. The zero-order valence-electron chi connectivity index (χ0n) is 9.61. The molecule has 1 aromatic carbocycles. The molecule has 18 heavy (non-hydrogen) atoms. The van der Waals surface area contributed by atoms with Crippen LogP contribution in [0.2, 0.25) is 5.02 Å². The van der Waals surface area contributed by atoms with Crippen LogP contribution in [0.4, 0.5) is 0 Å². The number of hydrogen-bond acceptors (Lipinski definition) is 2. The summed E-state index contributed by atoms with van der Waals surface area (Å²) in [6.07, 6.45) is 0.930. The van der Waals surface area contributed by atoms with Gasteiger partial charge in [0.1, 0.15) is 5.75 Å². The Bertz CT molecular complexity index is 552. The monoisotopic (exact) mass is 298 g/mol. The molecule has 2 atom stereocenters. The van der Waals surface area contributed by atoms with Crippen molar-refractivity contribution in [3.63, 3.8) is 0 Å². The number of benzene rings is 1. The Balaban J connectivity index is 1.97. The van der Waals surface area contributed by atoms with E-state index < -0.39 is 0 Å². The molecule has 1 aliphatic heterocycles. The van der Waals surface area contributed by atoms with Crippen LogP contribution >= 0.6 is 34.5 Å². The highest BCUT2D eigenvalue weighted by Crippen LogP contribution is 2.47. The van der Waals surface area contributed by atoms with Crippen molar-refractivity contribution in [2.24, 2.45) is 0 Å². The van der Waals surface area contributed by atoms with Crippen molar-refractivity contribution in [3.05, 3.63) is 51.2 Å². The third kappa shape index (κ3) is 2.13. The van der Waals surface area contributed by atoms with Gasteiger partial charge in [-0.25, -0.2) is 0 Å². The van der Waals surface area contributed by atoms with Crippen LogP contribution in [-0.4, -0.2) is 6.61 Å². The summed E-state index contributed by atoms with van der Waals surface area (Å²) in [6.45, 7) is 0.716. The Labute approximate surface area is 120 Å². The van der Waals surface area contributed by atoms with Crippen LogP contribution in [0.5, 0.6) is 5.75 Å². The van der Waals surface area contributed by atoms with Gasteiger partial charge in [0, 0.05) is 10.8 Å². The van der Waals surface area contributed by atoms with E-state index in [-0.39, 0.29) is 11.3 Å². The van der Waals surface area contributed by atoms with Crippen molar-refractivity contribution in [1.29, 1.82) is 0 Å². The highest BCUT2D eigenvalue weighted by molar-refractivity contribution is 7.11. The van der Waals surface area contributed by atoms with E-state index in [2.05, 4.69) is 6.07 Å². The van der Waals surface area contributed by atoms with Crippen molar-refractivity contribution < 1.29 is 4.74 Å². The van der Waals surface area contributed by atoms with Crippen LogP contribution in [0.15, 0.2) is 35.7 Å². The van der Waals surface area contributed by atoms with E-state index in [0.717, 1.165) is 22.1 Å². The van der Waals surface area contributed by atoms with Gasteiger partial charge >= 0.3 is 0 Å². The van der Waals surface area contributed by atoms with Crippen LogP contribution in [0.3, 0.4) is 0 Å². The van der Waals surface area contributed by atoms with Crippen LogP contribution in [0.25, 0.3) is 0 Å². The molecule has 0 saturated heterocycles. The molecule has 2 heterocycles. The number of halogens is 2. The molecule has 4 heteroatoms. The van der Waals surface area contributed by atoms with Crippen LogP contribution < -0.4 is 4.74 Å². The maximum absolute atomic E-state index is 6.63. The van der Waals surface area contributed by atoms with Gasteiger partial charge in [0.15, 0.2) is 0 Å². The summed E-state index contributed by atoms with van der Waals surface area (Å²) in [5, 5.41) is 2.67. The second-order valence-electron chi connectivity index (χ2n) is 4.32. The van der Waals surface area contributed by atoms with Crippen molar-refractivity contribution in [2.75, 3.05) is 6.61 Å². The first-order valence-corrected chi connectivity index (χ1v) is 7.55. The fourth-order valence-electron chi connectivity index (χ4n) is 2.36. The SMILES string of the molecule is Clc1ccsc1C(Cl)C1CCOc2ccccc21. The minimum Gasteiger partial charge on any atom is -0.493 e. The number of para-hydroxylation sites is 1. The van der Waals surface area contributed by atoms with Gasteiger partial charge < -0.3 is 4.74 Å². The van der Waals surface area contributed by atoms with Crippen LogP contribution in [0.1, 0.15) is 28.2 Å². The van der Waals surface area contributed by atoms with Gasteiger partial charge in [-0.2, -0.15) is 0 Å². The predicted molar refractivity (Wildman–Crippen MR) is 77.2 cm³/mol. The summed E-state index contributed by atoms with van der Waals surface area (Å²) < 4.78 is 5.66. The van der Waals surface area contributed by atoms with Gasteiger partial charge in [0.2, 0.25) is 0 Å². The number of ether oxygens (including phenoxy) is 1. The number of alkyl halides is 1. The fraction of sp³-hybridized carbons (Fsp3) is 0.286. The van der Waals surface area contributed by atoms with Crippen molar-refractivity contribution in [3.8, 4) is 5.75 Å². The zero-order valence-corrected chi connectivity index (χ0v) is 11.9. The molecule has 0 amide bonds. The summed E-state index contributed by atoms with van der Waals surface area (Å²) in [5.74, 6) is 1.22. The highest BCUT2D eigenvalue weighted by atomic mass is 35.5. The Morgan fingerprint density at radius 2 is 2.11 bits per heavy atom. The van der Waals surface area contributed by atoms with Crippen molar-refractivity contribution >= 4 is 34.5 Å². The minimum atomic E-state index is -0.0810. The zero-order chi connectivity index (χ0) is 12.5. The molecule has 0 aliphatic carbocycles. The van der Waals surface area contributed by atoms with E-state index in [9.17, 15) is 0 Å². The molecule has 0 saturated carbocycles. The number of thiophene rings is 1. The van der Waals surface area contributed by atoms with E-state index in [4.69, 9.17) is 27.9 Å². The molecule has 1 nitrogen and oxygen atoms in total. The molecule has 1 aliphatic rings. The lowest BCUT2D eigenvalue weighted by Gasteiger charge is -2.28. The molecule has 2 aromatic rings. The average Bonchev–Trinajstić information content (AvgIpc) is 2.83. The number of fused-ring (bicyclic) bond motifs is 1. The molecule has 0 radical (unpaired) electrons. The lowest BCUT2D eigenvalue weighted by molar-refractivity contribution is 0.265. The quantitative estimate of drug-likeness (QED) is 0.688. The second-order valence-corrected chi connectivity index (χ2v) is 6.14. The molecule has 3 rings (SSSR count). The Hall–Kier alpha value is -0.700. The van der Waals surface area contributed by atoms with E-state index >= 15 is 0 Å². The van der Waals surface area contributed by atoms with Gasteiger partial charge in [0.25, 0.3) is 0 Å². The molecular weight excluding hydrogens is 287 g/mol. The molecular formula is C14H12Cl2OS. The van der Waals surface area contributed by atoms with Gasteiger partial charge in [-0.15, -0.1) is 22.9 Å². The third-order valence-corrected chi connectivity index (χ3v) is 5.35. The summed E-state index contributed by atoms with van der Waals surface area (Å²) >= 11 is 14.4. The molecule has 0 N–H and O–H groups in total. The lowest BCUT2D eigenvalue weighted by Crippen LogP contribution is -2.17. The molecule has 0 spiro atoms. The smallest absolute Gasteiger partial charge is 0.122 e. The largest absolute Gasteiger partial charge is 0.493 e. The predicted octanol–water partition coefficient (Wildman–Crippen LogP) is 5.25. The maximum Gasteiger partial charge on any atom is 0.122 e. The van der Waals surface area contributed by atoms with Crippen LogP contribution in [-0.2, 0) is 0 Å². The summed E-state index contributed by atoms with van der Waals surface area (Å²) in [6, 6.07) is 10.0. The van der Waals surface area contributed by atoms with Gasteiger partial charge in [0.05, 0.1) is 17.0 Å². The third-order valence-electron chi connectivity index (χ3n) is 3.25. The number of hydrogen-bond donors (Lipinski definition) is 0. The maximum atomic E-state index is 6.63. The Morgan fingerprint density at radius 3 is 2.89 bits per heavy atom. The Morgan fingerprint density at radius 1 is 1.28 bits per heavy atom. The molecule has 0 fully saturated rings. The van der Waals surface area contributed by atoms with E-state index in [1.807, 2.05) is 29.6 Å². The van der Waals surface area contributed by atoms with E-state index in [1.54, 1.807) is 11.3 Å². The summed E-state index contributed by atoms with van der Waals surface area (Å²) in [4.78, 5) is 1.06. The van der Waals surface area contributed by atoms with Crippen LogP contribution in [0, 0.1) is 0 Å². The normalized spacial score (nSPS) is 20.0. The van der Waals surface area contributed by atoms with E-state index in [0.29, 0.717) is 6.61 Å². The second kappa shape index (κ2) is 5.12. The molecule has 2 unspecified atom stereocenters. The first-order chi connectivity index (χ1) is 8.77. The van der Waals surface area contributed by atoms with Crippen molar-refractivity contribution in [2.45, 2.75) is 17.7 Å². The molecule has 1 aromatic heterocycles. The van der Waals surface area contributed by atoms with Gasteiger partial charge in [-0.3, -0.25) is 0 Å². The summed E-state index contributed by atoms with van der Waals surface area (Å²) in [5.41, 5.74) is 1.19. The average molecular weight is 299 g/mol. The van der Waals surface area contributed by atoms with Crippen molar-refractivity contribution in [1.82, 2.24) is 0 Å². The lowest BCUT2D eigenvalue weighted by atomic mass is 9.89. The molecule has 94 valence electrons. The standard InChI is InChI=1S/C14H12Cl2OS/c15-11-6-8-18-14(11)13(16)10-5-7-17-12-4-2-1-3-9(10)12/h1-4,6,8,10,13H,5,7H2. The highest BCUT2D eigenvalue weighted by Gasteiger charge is 2.30. The minimum absolute atomic E-state index is 0.0810. The van der Waals surface area contributed by atoms with E-state index in [1.165, 1.54) is 5.56 Å². The Kier molecular flexibility index (Phi) is 3.51. The first kappa shape index (κ1) is 12.3. The topological polar surface area (TPSA) is 9.23 Å². The molecule has 0 bridgehead atoms. The first-order valence-electron chi connectivity index (χ1n) is 5.86. The van der Waals surface area contributed by atoms with Gasteiger partial charge in [-0.05, 0) is 29.5 Å². The van der Waals surface area contributed by atoms with Gasteiger partial charge in [-0.1, -0.05) is 29.8 Å². The summed E-state index contributed by atoms with van der Waals surface area (Å²) in [7, 11) is 0. The number of rotatable bonds is 2.